The maximum Gasteiger partial charge on any atom is 0.189 e. The van der Waals surface area contributed by atoms with Gasteiger partial charge in [0.1, 0.15) is 0 Å². The number of fused-ring (bicyclic) bond motifs is 1. The van der Waals surface area contributed by atoms with Crippen molar-refractivity contribution < 1.29 is 18.0 Å². The number of carbonyl (C=O) groups excluding carboxylic acids is 2. The van der Waals surface area contributed by atoms with Gasteiger partial charge in [-0.15, -0.1) is 0 Å². The fourth-order valence-electron chi connectivity index (χ4n) is 1.70. The average molecular weight is 224 g/mol. The Morgan fingerprint density at radius 1 is 1.00 bits per heavy atom. The summed E-state index contributed by atoms with van der Waals surface area (Å²) < 4.78 is 22.6. The van der Waals surface area contributed by atoms with Crippen LogP contribution in [0.2, 0.25) is 0 Å². The molecule has 15 heavy (non-hydrogen) atoms. The van der Waals surface area contributed by atoms with Crippen molar-refractivity contribution in [1.29, 1.82) is 0 Å². The molecule has 0 amide bonds. The highest BCUT2D eigenvalue weighted by molar-refractivity contribution is 7.93. The molecular formula is C10H8O4S. The smallest absolute Gasteiger partial charge is 0.189 e. The van der Waals surface area contributed by atoms with Crippen LogP contribution >= 0.6 is 0 Å². The number of hydrogen-bond donors (Lipinski definition) is 0. The third-order valence-electron chi connectivity index (χ3n) is 2.36. The average Bonchev–Trinajstić information content (AvgIpc) is 2.39. The minimum atomic E-state index is -3.67. The second-order valence-electron chi connectivity index (χ2n) is 3.48. The monoisotopic (exact) mass is 224 g/mol. The second kappa shape index (κ2) is 3.00. The Bertz CT molecular complexity index is 522. The molecule has 1 aliphatic rings. The van der Waals surface area contributed by atoms with Crippen molar-refractivity contribution >= 4 is 21.4 Å². The number of benzene rings is 1. The van der Waals surface area contributed by atoms with Crippen LogP contribution in [0.5, 0.6) is 0 Å². The van der Waals surface area contributed by atoms with E-state index >= 15 is 0 Å². The van der Waals surface area contributed by atoms with Gasteiger partial charge in [0.2, 0.25) is 0 Å². The number of ketones is 2. The molecule has 0 atom stereocenters. The van der Waals surface area contributed by atoms with Gasteiger partial charge in [0, 0.05) is 17.4 Å². The molecule has 1 aliphatic carbocycles. The van der Waals surface area contributed by atoms with Crippen molar-refractivity contribution in [2.24, 2.45) is 0 Å². The SMILES string of the molecule is CS(=O)(=O)C1C(=O)c2ccccc2C1=O. The highest BCUT2D eigenvalue weighted by Crippen LogP contribution is 2.25. The third-order valence-corrected chi connectivity index (χ3v) is 3.65. The van der Waals surface area contributed by atoms with Gasteiger partial charge in [-0.1, -0.05) is 24.3 Å². The van der Waals surface area contributed by atoms with Crippen LogP contribution in [0.4, 0.5) is 0 Å². The lowest BCUT2D eigenvalue weighted by atomic mass is 10.1. The fourth-order valence-corrected chi connectivity index (χ4v) is 2.73. The number of carbonyl (C=O) groups is 2. The van der Waals surface area contributed by atoms with E-state index in [1.165, 1.54) is 12.1 Å². The molecule has 0 aliphatic heterocycles. The van der Waals surface area contributed by atoms with Crippen molar-refractivity contribution in [3.8, 4) is 0 Å². The van der Waals surface area contributed by atoms with E-state index < -0.39 is 26.7 Å². The van der Waals surface area contributed by atoms with Gasteiger partial charge < -0.3 is 0 Å². The first-order chi connectivity index (χ1) is 6.93. The molecule has 0 aromatic heterocycles. The van der Waals surface area contributed by atoms with Crippen molar-refractivity contribution in [2.45, 2.75) is 5.25 Å². The fraction of sp³-hybridized carbons (Fsp3) is 0.200. The molecule has 0 heterocycles. The standard InChI is InChI=1S/C10H8O4S/c1-15(13,14)10-8(11)6-4-2-3-5-7(6)9(10)12/h2-5,10H,1H3. The van der Waals surface area contributed by atoms with Crippen LogP contribution < -0.4 is 0 Å². The molecule has 1 aromatic rings. The Balaban J connectivity index is 2.66. The van der Waals surface area contributed by atoms with E-state index in [-0.39, 0.29) is 11.1 Å². The Labute approximate surface area is 86.8 Å². The molecule has 0 unspecified atom stereocenters. The number of hydrogen-bond acceptors (Lipinski definition) is 4. The van der Waals surface area contributed by atoms with Crippen molar-refractivity contribution in [3.05, 3.63) is 35.4 Å². The lowest BCUT2D eigenvalue weighted by molar-refractivity contribution is 0.0928. The summed E-state index contributed by atoms with van der Waals surface area (Å²) in [5, 5.41) is -1.53. The zero-order valence-electron chi connectivity index (χ0n) is 7.93. The predicted octanol–water partition coefficient (Wildman–Crippen LogP) is 0.479. The van der Waals surface area contributed by atoms with E-state index in [1.54, 1.807) is 12.1 Å². The van der Waals surface area contributed by atoms with Crippen LogP contribution in [-0.2, 0) is 9.84 Å². The zero-order chi connectivity index (χ0) is 11.2. The zero-order valence-corrected chi connectivity index (χ0v) is 8.74. The van der Waals surface area contributed by atoms with E-state index in [9.17, 15) is 18.0 Å². The van der Waals surface area contributed by atoms with Crippen LogP contribution in [0, 0.1) is 0 Å². The Kier molecular flexibility index (Phi) is 2.01. The summed E-state index contributed by atoms with van der Waals surface area (Å²) in [5.41, 5.74) is 0.413. The van der Waals surface area contributed by atoms with E-state index in [1.807, 2.05) is 0 Å². The molecule has 5 heteroatoms. The van der Waals surface area contributed by atoms with Gasteiger partial charge >= 0.3 is 0 Å². The molecule has 0 saturated heterocycles. The molecule has 0 fully saturated rings. The predicted molar refractivity (Wildman–Crippen MR) is 53.7 cm³/mol. The molecule has 0 spiro atoms. The Morgan fingerprint density at radius 2 is 1.40 bits per heavy atom. The van der Waals surface area contributed by atoms with Gasteiger partial charge in [-0.3, -0.25) is 9.59 Å². The van der Waals surface area contributed by atoms with Gasteiger partial charge in [0.15, 0.2) is 26.7 Å². The van der Waals surface area contributed by atoms with Crippen LogP contribution in [0.25, 0.3) is 0 Å². The molecule has 4 nitrogen and oxygen atoms in total. The molecule has 2 rings (SSSR count). The van der Waals surface area contributed by atoms with E-state index in [0.29, 0.717) is 0 Å². The van der Waals surface area contributed by atoms with Gasteiger partial charge in [-0.25, -0.2) is 8.42 Å². The van der Waals surface area contributed by atoms with Gasteiger partial charge in [-0.05, 0) is 0 Å². The van der Waals surface area contributed by atoms with Crippen LogP contribution in [0.3, 0.4) is 0 Å². The van der Waals surface area contributed by atoms with Crippen LogP contribution in [0.15, 0.2) is 24.3 Å². The molecule has 1 aromatic carbocycles. The van der Waals surface area contributed by atoms with Gasteiger partial charge in [0.05, 0.1) is 0 Å². The first-order valence-corrected chi connectivity index (χ1v) is 6.24. The van der Waals surface area contributed by atoms with E-state index in [0.717, 1.165) is 6.26 Å². The van der Waals surface area contributed by atoms with E-state index in [4.69, 9.17) is 0 Å². The van der Waals surface area contributed by atoms with Crippen molar-refractivity contribution in [3.63, 3.8) is 0 Å². The molecule has 0 bridgehead atoms. The highest BCUT2D eigenvalue weighted by Gasteiger charge is 2.44. The summed E-state index contributed by atoms with van der Waals surface area (Å²) in [5.74, 6) is -1.23. The maximum absolute atomic E-state index is 11.7. The Hall–Kier alpha value is -1.49. The minimum absolute atomic E-state index is 0.206. The number of sulfone groups is 1. The topological polar surface area (TPSA) is 68.3 Å². The first-order valence-electron chi connectivity index (χ1n) is 4.29. The summed E-state index contributed by atoms with van der Waals surface area (Å²) in [6, 6.07) is 6.16. The quantitative estimate of drug-likeness (QED) is 0.650. The minimum Gasteiger partial charge on any atom is -0.292 e. The summed E-state index contributed by atoms with van der Waals surface area (Å²) in [4.78, 5) is 23.3. The van der Waals surface area contributed by atoms with Crippen molar-refractivity contribution in [2.75, 3.05) is 6.26 Å². The van der Waals surface area contributed by atoms with Crippen LogP contribution in [0.1, 0.15) is 20.7 Å². The highest BCUT2D eigenvalue weighted by atomic mass is 32.2. The summed E-state index contributed by atoms with van der Waals surface area (Å²) in [6.45, 7) is 0. The molecule has 0 radical (unpaired) electrons. The molecule has 78 valence electrons. The lowest BCUT2D eigenvalue weighted by Crippen LogP contribution is -2.31. The Morgan fingerprint density at radius 3 is 1.73 bits per heavy atom. The second-order valence-corrected chi connectivity index (χ2v) is 5.61. The van der Waals surface area contributed by atoms with Crippen molar-refractivity contribution in [1.82, 2.24) is 0 Å². The number of rotatable bonds is 1. The molecule has 0 saturated carbocycles. The molecule has 0 N–H and O–H groups in total. The summed E-state index contributed by atoms with van der Waals surface area (Å²) in [6.07, 6.45) is 0.902. The van der Waals surface area contributed by atoms with E-state index in [2.05, 4.69) is 0 Å². The first kappa shape index (κ1) is 10.0. The van der Waals surface area contributed by atoms with Gasteiger partial charge in [-0.2, -0.15) is 0 Å². The summed E-state index contributed by atoms with van der Waals surface area (Å²) >= 11 is 0. The number of Topliss-reactive ketones (excluding diaryl/α,β-unsaturated/α-hetero) is 2. The van der Waals surface area contributed by atoms with Gasteiger partial charge in [0.25, 0.3) is 0 Å². The molecular weight excluding hydrogens is 216 g/mol. The van der Waals surface area contributed by atoms with Crippen LogP contribution in [-0.4, -0.2) is 31.5 Å². The largest absolute Gasteiger partial charge is 0.292 e. The lowest BCUT2D eigenvalue weighted by Gasteiger charge is -2.02. The maximum atomic E-state index is 11.7. The normalized spacial score (nSPS) is 16.9. The third kappa shape index (κ3) is 1.39. The summed E-state index contributed by atoms with van der Waals surface area (Å²) in [7, 11) is -3.67.